The van der Waals surface area contributed by atoms with Crippen LogP contribution in [0, 0.1) is 5.41 Å². The van der Waals surface area contributed by atoms with E-state index in [9.17, 15) is 14.7 Å². The van der Waals surface area contributed by atoms with Crippen LogP contribution >= 0.6 is 0 Å². The minimum atomic E-state index is -0.614. The smallest absolute Gasteiger partial charge is 0.339 e. The van der Waals surface area contributed by atoms with Crippen molar-refractivity contribution in [1.82, 2.24) is 0 Å². The first-order valence-corrected chi connectivity index (χ1v) is 4.78. The van der Waals surface area contributed by atoms with Crippen LogP contribution in [0.1, 0.15) is 36.4 Å². The van der Waals surface area contributed by atoms with E-state index >= 15 is 0 Å². The molecule has 0 amide bonds. The van der Waals surface area contributed by atoms with Gasteiger partial charge in [0.05, 0.1) is 11.6 Å². The first kappa shape index (κ1) is 9.96. The summed E-state index contributed by atoms with van der Waals surface area (Å²) in [4.78, 5) is 22.8. The molecule has 4 nitrogen and oxygen atoms in total. The van der Waals surface area contributed by atoms with Gasteiger partial charge in [-0.1, -0.05) is 13.8 Å². The Hall–Kier alpha value is -1.58. The summed E-state index contributed by atoms with van der Waals surface area (Å²) in [6.07, 6.45) is 0.860. The molecule has 0 aliphatic heterocycles. The van der Waals surface area contributed by atoms with Crippen molar-refractivity contribution in [1.29, 1.82) is 0 Å². The number of ketones is 1. The van der Waals surface area contributed by atoms with E-state index in [0.29, 0.717) is 18.6 Å². The van der Waals surface area contributed by atoms with Crippen LogP contribution < -0.4 is 5.63 Å². The van der Waals surface area contributed by atoms with Gasteiger partial charge in [-0.05, 0) is 5.41 Å². The third-order valence-corrected chi connectivity index (χ3v) is 2.57. The Morgan fingerprint density at radius 3 is 2.67 bits per heavy atom. The van der Waals surface area contributed by atoms with Gasteiger partial charge in [-0.25, -0.2) is 4.79 Å². The molecule has 0 saturated carbocycles. The Kier molecular flexibility index (Phi) is 1.96. The molecule has 0 spiro atoms. The summed E-state index contributed by atoms with van der Waals surface area (Å²) in [5.41, 5.74) is -0.654. The molecule has 15 heavy (non-hydrogen) atoms. The van der Waals surface area contributed by atoms with E-state index in [1.54, 1.807) is 0 Å². The molecule has 2 rings (SSSR count). The average molecular weight is 208 g/mol. The third-order valence-electron chi connectivity index (χ3n) is 2.57. The molecule has 1 aromatic rings. The van der Waals surface area contributed by atoms with E-state index in [1.807, 2.05) is 13.8 Å². The topological polar surface area (TPSA) is 67.5 Å². The van der Waals surface area contributed by atoms with Crippen LogP contribution in [0.25, 0.3) is 0 Å². The quantitative estimate of drug-likeness (QED) is 0.701. The highest BCUT2D eigenvalue weighted by molar-refractivity contribution is 6.00. The van der Waals surface area contributed by atoms with E-state index < -0.39 is 5.63 Å². The highest BCUT2D eigenvalue weighted by Gasteiger charge is 2.34. The molecule has 0 aromatic carbocycles. The van der Waals surface area contributed by atoms with Gasteiger partial charge in [0.2, 0.25) is 0 Å². The second kappa shape index (κ2) is 2.95. The number of hydrogen-bond donors (Lipinski definition) is 1. The van der Waals surface area contributed by atoms with Crippen LogP contribution in [-0.2, 0) is 6.42 Å². The maximum absolute atomic E-state index is 11.7. The lowest BCUT2D eigenvalue weighted by Gasteiger charge is -2.28. The molecule has 0 radical (unpaired) electrons. The van der Waals surface area contributed by atoms with Crippen molar-refractivity contribution in [3.8, 4) is 5.75 Å². The lowest BCUT2D eigenvalue weighted by atomic mass is 9.76. The van der Waals surface area contributed by atoms with Crippen molar-refractivity contribution in [2.75, 3.05) is 0 Å². The van der Waals surface area contributed by atoms with Crippen molar-refractivity contribution in [2.24, 2.45) is 5.41 Å². The van der Waals surface area contributed by atoms with E-state index in [0.717, 1.165) is 6.07 Å². The van der Waals surface area contributed by atoms with Gasteiger partial charge in [-0.2, -0.15) is 0 Å². The molecule has 1 heterocycles. The second-order valence-electron chi connectivity index (χ2n) is 4.69. The molecule has 0 atom stereocenters. The fourth-order valence-corrected chi connectivity index (χ4v) is 1.97. The SMILES string of the molecule is CC1(C)CC(=O)c2c(O)cc(=O)oc2C1. The monoisotopic (exact) mass is 208 g/mol. The summed E-state index contributed by atoms with van der Waals surface area (Å²) < 4.78 is 4.95. The Morgan fingerprint density at radius 1 is 1.33 bits per heavy atom. The van der Waals surface area contributed by atoms with Crippen LogP contribution in [0.2, 0.25) is 0 Å². The van der Waals surface area contributed by atoms with Crippen LogP contribution in [0.15, 0.2) is 15.3 Å². The molecular formula is C11H12O4. The number of carbonyl (C=O) groups excluding carboxylic acids is 1. The van der Waals surface area contributed by atoms with E-state index in [2.05, 4.69) is 0 Å². The van der Waals surface area contributed by atoms with Gasteiger partial charge in [0.15, 0.2) is 5.78 Å². The summed E-state index contributed by atoms with van der Waals surface area (Å²) in [5.74, 6) is -0.120. The predicted octanol–water partition coefficient (Wildman–Crippen LogP) is 1.50. The standard InChI is InChI=1S/C11H12O4/c1-11(2)4-7(13)10-6(12)3-9(14)15-8(10)5-11/h3,12H,4-5H2,1-2H3. The second-order valence-corrected chi connectivity index (χ2v) is 4.69. The summed E-state index contributed by atoms with van der Waals surface area (Å²) in [5, 5.41) is 9.50. The van der Waals surface area contributed by atoms with Gasteiger partial charge in [-0.3, -0.25) is 4.79 Å². The minimum absolute atomic E-state index is 0.164. The summed E-state index contributed by atoms with van der Waals surface area (Å²) in [7, 11) is 0. The Balaban J connectivity index is 2.65. The van der Waals surface area contributed by atoms with E-state index in [-0.39, 0.29) is 22.5 Å². The number of carbonyl (C=O) groups is 1. The number of hydrogen-bond acceptors (Lipinski definition) is 4. The Bertz CT molecular complexity index is 482. The van der Waals surface area contributed by atoms with Crippen molar-refractivity contribution < 1.29 is 14.3 Å². The number of Topliss-reactive ketones (excluding diaryl/α,β-unsaturated/α-hetero) is 1. The normalized spacial score (nSPS) is 18.7. The fraction of sp³-hybridized carbons (Fsp3) is 0.455. The molecule has 0 fully saturated rings. The zero-order chi connectivity index (χ0) is 11.2. The third kappa shape index (κ3) is 1.67. The van der Waals surface area contributed by atoms with Gasteiger partial charge < -0.3 is 9.52 Å². The summed E-state index contributed by atoms with van der Waals surface area (Å²) >= 11 is 0. The first-order chi connectivity index (χ1) is 6.89. The lowest BCUT2D eigenvalue weighted by molar-refractivity contribution is 0.0893. The van der Waals surface area contributed by atoms with Crippen molar-refractivity contribution in [3.05, 3.63) is 27.8 Å². The van der Waals surface area contributed by atoms with Crippen molar-refractivity contribution in [2.45, 2.75) is 26.7 Å². The average Bonchev–Trinajstić information content (AvgIpc) is 1.97. The lowest BCUT2D eigenvalue weighted by Crippen LogP contribution is -2.28. The van der Waals surface area contributed by atoms with Gasteiger partial charge in [0.25, 0.3) is 0 Å². The highest BCUT2D eigenvalue weighted by Crippen LogP contribution is 2.36. The van der Waals surface area contributed by atoms with Crippen LogP contribution in [0.3, 0.4) is 0 Å². The van der Waals surface area contributed by atoms with Gasteiger partial charge in [-0.15, -0.1) is 0 Å². The van der Waals surface area contributed by atoms with Gasteiger partial charge >= 0.3 is 5.63 Å². The molecule has 0 bridgehead atoms. The Morgan fingerprint density at radius 2 is 2.00 bits per heavy atom. The Labute approximate surface area is 86.5 Å². The van der Waals surface area contributed by atoms with E-state index in [4.69, 9.17) is 4.42 Å². The van der Waals surface area contributed by atoms with E-state index in [1.165, 1.54) is 0 Å². The van der Waals surface area contributed by atoms with Crippen molar-refractivity contribution >= 4 is 5.78 Å². The molecule has 1 aliphatic carbocycles. The molecule has 1 aliphatic rings. The van der Waals surface area contributed by atoms with Crippen LogP contribution in [0.5, 0.6) is 5.75 Å². The minimum Gasteiger partial charge on any atom is -0.507 e. The maximum atomic E-state index is 11.7. The first-order valence-electron chi connectivity index (χ1n) is 4.78. The maximum Gasteiger partial charge on any atom is 0.339 e. The van der Waals surface area contributed by atoms with Crippen LogP contribution in [0.4, 0.5) is 0 Å². The van der Waals surface area contributed by atoms with Gasteiger partial charge in [0.1, 0.15) is 11.5 Å². The largest absolute Gasteiger partial charge is 0.507 e. The molecule has 1 aromatic heterocycles. The number of rotatable bonds is 0. The molecular weight excluding hydrogens is 196 g/mol. The number of fused-ring (bicyclic) bond motifs is 1. The highest BCUT2D eigenvalue weighted by atomic mass is 16.4. The zero-order valence-corrected chi connectivity index (χ0v) is 8.66. The molecule has 0 saturated heterocycles. The molecule has 80 valence electrons. The summed E-state index contributed by atoms with van der Waals surface area (Å²) in [6.45, 7) is 3.86. The fourth-order valence-electron chi connectivity index (χ4n) is 1.97. The van der Waals surface area contributed by atoms with Crippen LogP contribution in [-0.4, -0.2) is 10.9 Å². The number of aromatic hydroxyl groups is 1. The predicted molar refractivity (Wildman–Crippen MR) is 53.1 cm³/mol. The molecule has 0 unspecified atom stereocenters. The summed E-state index contributed by atoms with van der Waals surface area (Å²) in [6, 6.07) is 0.940. The molecule has 1 N–H and O–H groups in total. The molecule has 4 heteroatoms. The zero-order valence-electron chi connectivity index (χ0n) is 8.66. The van der Waals surface area contributed by atoms with Gasteiger partial charge in [0, 0.05) is 12.8 Å². The van der Waals surface area contributed by atoms with Crippen molar-refractivity contribution in [3.63, 3.8) is 0 Å².